The summed E-state index contributed by atoms with van der Waals surface area (Å²) in [5.74, 6) is 0.132. The Labute approximate surface area is 181 Å². The molecule has 2 heterocycles. The summed E-state index contributed by atoms with van der Waals surface area (Å²) in [5, 5.41) is 19.8. The number of nitro benzene ring substituents is 1. The molecule has 32 heavy (non-hydrogen) atoms. The second kappa shape index (κ2) is 7.92. The van der Waals surface area contributed by atoms with Crippen molar-refractivity contribution in [1.29, 1.82) is 0 Å². The maximum atomic E-state index is 13.5. The highest BCUT2D eigenvalue weighted by Gasteiger charge is 2.19. The normalized spacial score (nSPS) is 10.9. The van der Waals surface area contributed by atoms with Crippen LogP contribution in [0.4, 0.5) is 10.1 Å². The van der Waals surface area contributed by atoms with Gasteiger partial charge in [-0.2, -0.15) is 5.10 Å². The van der Waals surface area contributed by atoms with Crippen LogP contribution in [-0.4, -0.2) is 19.9 Å². The maximum Gasteiger partial charge on any atom is 0.269 e. The summed E-state index contributed by atoms with van der Waals surface area (Å²) in [4.78, 5) is 10.4. The smallest absolute Gasteiger partial charge is 0.269 e. The van der Waals surface area contributed by atoms with Crippen LogP contribution >= 0.6 is 0 Å². The van der Waals surface area contributed by atoms with Crippen molar-refractivity contribution in [3.8, 4) is 39.5 Å². The zero-order valence-corrected chi connectivity index (χ0v) is 16.6. The first kappa shape index (κ1) is 19.4. The molecule has 0 saturated heterocycles. The van der Waals surface area contributed by atoms with Crippen LogP contribution in [0.3, 0.4) is 0 Å². The van der Waals surface area contributed by atoms with Gasteiger partial charge in [0.1, 0.15) is 17.2 Å². The summed E-state index contributed by atoms with van der Waals surface area (Å²) in [6.07, 6.45) is 1.84. The average molecular weight is 426 g/mol. The third kappa shape index (κ3) is 3.65. The van der Waals surface area contributed by atoms with Gasteiger partial charge in [0.15, 0.2) is 5.76 Å². The molecule has 0 saturated carbocycles. The number of rotatable bonds is 5. The first-order chi connectivity index (χ1) is 15.6. The molecule has 0 aliphatic heterocycles. The molecule has 7 nitrogen and oxygen atoms in total. The van der Waals surface area contributed by atoms with Crippen LogP contribution < -0.4 is 0 Å². The predicted molar refractivity (Wildman–Crippen MR) is 117 cm³/mol. The minimum absolute atomic E-state index is 0.00350. The SMILES string of the molecule is O=[N+]([O-])c1ccc(-c2cc(-c3cn(-c4ccccc4)nc3-c3ccc(F)cc3)no2)cc1. The zero-order valence-electron chi connectivity index (χ0n) is 16.6. The lowest BCUT2D eigenvalue weighted by atomic mass is 10.1. The van der Waals surface area contributed by atoms with Crippen LogP contribution in [0.25, 0.3) is 39.5 Å². The standard InChI is InChI=1S/C24H15FN4O3/c25-18-10-6-17(7-11-18)24-21(15-28(26-24)19-4-2-1-3-5-19)22-14-23(32-27-22)16-8-12-20(13-9-16)29(30)31/h1-15H. The van der Waals surface area contributed by atoms with Crippen molar-refractivity contribution < 1.29 is 13.8 Å². The second-order valence-electron chi connectivity index (χ2n) is 7.06. The minimum atomic E-state index is -0.456. The van der Waals surface area contributed by atoms with Gasteiger partial charge in [0, 0.05) is 35.5 Å². The quantitative estimate of drug-likeness (QED) is 0.258. The molecule has 0 radical (unpaired) electrons. The number of para-hydroxylation sites is 1. The van der Waals surface area contributed by atoms with Crippen LogP contribution in [0, 0.1) is 15.9 Å². The lowest BCUT2D eigenvalue weighted by Crippen LogP contribution is -1.94. The summed E-state index contributed by atoms with van der Waals surface area (Å²) < 4.78 is 20.7. The number of non-ortho nitro benzene ring substituents is 1. The van der Waals surface area contributed by atoms with Gasteiger partial charge < -0.3 is 4.52 Å². The van der Waals surface area contributed by atoms with Gasteiger partial charge in [0.25, 0.3) is 5.69 Å². The molecular weight excluding hydrogens is 411 g/mol. The van der Waals surface area contributed by atoms with Crippen molar-refractivity contribution in [2.45, 2.75) is 0 Å². The molecule has 2 aromatic heterocycles. The molecule has 0 unspecified atom stereocenters. The number of hydrogen-bond donors (Lipinski definition) is 0. The van der Waals surface area contributed by atoms with Gasteiger partial charge in [-0.15, -0.1) is 0 Å². The summed E-state index contributed by atoms with van der Waals surface area (Å²) in [6.45, 7) is 0. The predicted octanol–water partition coefficient (Wildman–Crippen LogP) is 5.91. The fourth-order valence-electron chi connectivity index (χ4n) is 3.38. The first-order valence-corrected chi connectivity index (χ1v) is 9.71. The fraction of sp³-hybridized carbons (Fsp3) is 0. The van der Waals surface area contributed by atoms with Crippen LogP contribution in [-0.2, 0) is 0 Å². The van der Waals surface area contributed by atoms with Gasteiger partial charge in [0.2, 0.25) is 0 Å². The number of nitro groups is 1. The highest BCUT2D eigenvalue weighted by atomic mass is 19.1. The maximum absolute atomic E-state index is 13.5. The summed E-state index contributed by atoms with van der Waals surface area (Å²) in [5.41, 5.74) is 4.12. The van der Waals surface area contributed by atoms with Gasteiger partial charge in [0.05, 0.1) is 16.2 Å². The second-order valence-corrected chi connectivity index (χ2v) is 7.06. The molecule has 5 rings (SSSR count). The average Bonchev–Trinajstić information content (AvgIpc) is 3.48. The highest BCUT2D eigenvalue weighted by molar-refractivity contribution is 5.80. The van der Waals surface area contributed by atoms with Crippen molar-refractivity contribution in [3.63, 3.8) is 0 Å². The van der Waals surface area contributed by atoms with Crippen molar-refractivity contribution >= 4 is 5.69 Å². The molecule has 0 fully saturated rings. The van der Waals surface area contributed by atoms with Crippen molar-refractivity contribution in [3.05, 3.63) is 107 Å². The molecule has 3 aromatic carbocycles. The Balaban J connectivity index is 1.59. The fourth-order valence-corrected chi connectivity index (χ4v) is 3.38. The topological polar surface area (TPSA) is 87.0 Å². The van der Waals surface area contributed by atoms with Crippen molar-refractivity contribution in [2.75, 3.05) is 0 Å². The third-order valence-corrected chi connectivity index (χ3v) is 5.00. The van der Waals surface area contributed by atoms with E-state index < -0.39 is 4.92 Å². The van der Waals surface area contributed by atoms with E-state index in [4.69, 9.17) is 9.62 Å². The molecule has 0 N–H and O–H groups in total. The van der Waals surface area contributed by atoms with Gasteiger partial charge in [-0.1, -0.05) is 23.4 Å². The zero-order chi connectivity index (χ0) is 22.1. The lowest BCUT2D eigenvalue weighted by Gasteiger charge is -2.00. The molecule has 0 aliphatic rings. The number of benzene rings is 3. The molecule has 5 aromatic rings. The number of hydrogen-bond acceptors (Lipinski definition) is 5. The van der Waals surface area contributed by atoms with E-state index in [-0.39, 0.29) is 11.5 Å². The summed E-state index contributed by atoms with van der Waals surface area (Å²) in [6, 6.07) is 23.5. The molecule has 0 aliphatic carbocycles. The van der Waals surface area contributed by atoms with E-state index in [1.165, 1.54) is 24.3 Å². The van der Waals surface area contributed by atoms with Gasteiger partial charge in [-0.05, 0) is 48.5 Å². The highest BCUT2D eigenvalue weighted by Crippen LogP contribution is 2.34. The Bertz CT molecular complexity index is 1390. The van der Waals surface area contributed by atoms with E-state index >= 15 is 0 Å². The molecule has 0 amide bonds. The molecular formula is C24H15FN4O3. The molecule has 8 heteroatoms. The molecule has 156 valence electrons. The van der Waals surface area contributed by atoms with E-state index in [0.717, 1.165) is 11.3 Å². The summed E-state index contributed by atoms with van der Waals surface area (Å²) >= 11 is 0. The van der Waals surface area contributed by atoms with Crippen LogP contribution in [0.5, 0.6) is 0 Å². The Kier molecular flexibility index (Phi) is 4.79. The largest absolute Gasteiger partial charge is 0.356 e. The first-order valence-electron chi connectivity index (χ1n) is 9.71. The van der Waals surface area contributed by atoms with Crippen LogP contribution in [0.1, 0.15) is 0 Å². The monoisotopic (exact) mass is 426 g/mol. The van der Waals surface area contributed by atoms with Gasteiger partial charge in [-0.25, -0.2) is 9.07 Å². The number of halogens is 1. The summed E-state index contributed by atoms with van der Waals surface area (Å²) in [7, 11) is 0. The van der Waals surface area contributed by atoms with E-state index in [1.807, 2.05) is 36.5 Å². The Morgan fingerprint density at radius 2 is 1.59 bits per heavy atom. The lowest BCUT2D eigenvalue weighted by molar-refractivity contribution is -0.384. The third-order valence-electron chi connectivity index (χ3n) is 5.00. The number of nitrogens with zero attached hydrogens (tertiary/aromatic N) is 4. The van der Waals surface area contributed by atoms with E-state index in [9.17, 15) is 14.5 Å². The molecule has 0 spiro atoms. The van der Waals surface area contributed by atoms with Crippen molar-refractivity contribution in [1.82, 2.24) is 14.9 Å². The molecule has 0 bridgehead atoms. The van der Waals surface area contributed by atoms with E-state index in [1.54, 1.807) is 35.0 Å². The van der Waals surface area contributed by atoms with E-state index in [2.05, 4.69) is 5.16 Å². The van der Waals surface area contributed by atoms with Crippen LogP contribution in [0.15, 0.2) is 95.6 Å². The van der Waals surface area contributed by atoms with E-state index in [0.29, 0.717) is 28.3 Å². The van der Waals surface area contributed by atoms with Gasteiger partial charge >= 0.3 is 0 Å². The molecule has 0 atom stereocenters. The van der Waals surface area contributed by atoms with Crippen LogP contribution in [0.2, 0.25) is 0 Å². The van der Waals surface area contributed by atoms with Crippen molar-refractivity contribution in [2.24, 2.45) is 0 Å². The minimum Gasteiger partial charge on any atom is -0.356 e. The Hall–Kier alpha value is -4.59. The van der Waals surface area contributed by atoms with Gasteiger partial charge in [-0.3, -0.25) is 10.1 Å². The Morgan fingerprint density at radius 1 is 0.906 bits per heavy atom. The Morgan fingerprint density at radius 3 is 2.28 bits per heavy atom. The number of aromatic nitrogens is 3.